The van der Waals surface area contributed by atoms with Gasteiger partial charge in [-0.2, -0.15) is 13.2 Å². The summed E-state index contributed by atoms with van der Waals surface area (Å²) in [4.78, 5) is 18.6. The van der Waals surface area contributed by atoms with Crippen LogP contribution >= 0.6 is 0 Å². The first-order valence-electron chi connectivity index (χ1n) is 10.7. The van der Waals surface area contributed by atoms with E-state index < -0.39 is 17.8 Å². The van der Waals surface area contributed by atoms with E-state index in [1.807, 2.05) is 24.3 Å². The third-order valence-electron chi connectivity index (χ3n) is 6.10. The first-order chi connectivity index (χ1) is 14.8. The monoisotopic (exact) mass is 432 g/mol. The zero-order chi connectivity index (χ0) is 22.0. The Hall–Kier alpha value is -2.58. The SMILES string of the molecule is CCN1CCN(Cc2ccc(NC(=O)N3CCc4ccccc43)cc2C(F)(F)F)CC1. The zero-order valence-electron chi connectivity index (χ0n) is 17.6. The summed E-state index contributed by atoms with van der Waals surface area (Å²) in [5.41, 5.74) is 1.57. The molecule has 2 aromatic rings. The molecule has 2 aliphatic heterocycles. The van der Waals surface area contributed by atoms with Crippen LogP contribution in [-0.4, -0.2) is 55.1 Å². The maximum Gasteiger partial charge on any atom is 0.416 e. The van der Waals surface area contributed by atoms with Crippen molar-refractivity contribution < 1.29 is 18.0 Å². The highest BCUT2D eigenvalue weighted by molar-refractivity contribution is 6.03. The van der Waals surface area contributed by atoms with Crippen molar-refractivity contribution in [3.8, 4) is 0 Å². The number of hydrogen-bond donors (Lipinski definition) is 1. The second-order valence-corrected chi connectivity index (χ2v) is 8.04. The second-order valence-electron chi connectivity index (χ2n) is 8.04. The van der Waals surface area contributed by atoms with Crippen LogP contribution in [0.25, 0.3) is 0 Å². The van der Waals surface area contributed by atoms with E-state index in [0.717, 1.165) is 56.5 Å². The molecular formula is C23H27F3N4O. The smallest absolute Gasteiger partial charge is 0.308 e. The predicted octanol–water partition coefficient (Wildman–Crippen LogP) is 4.44. The first-order valence-corrected chi connectivity index (χ1v) is 10.7. The lowest BCUT2D eigenvalue weighted by Gasteiger charge is -2.34. The van der Waals surface area contributed by atoms with Gasteiger partial charge in [-0.15, -0.1) is 0 Å². The predicted molar refractivity (Wildman–Crippen MR) is 115 cm³/mol. The van der Waals surface area contributed by atoms with Crippen LogP contribution in [0.5, 0.6) is 0 Å². The lowest BCUT2D eigenvalue weighted by molar-refractivity contribution is -0.138. The highest BCUT2D eigenvalue weighted by Crippen LogP contribution is 2.35. The van der Waals surface area contributed by atoms with E-state index >= 15 is 0 Å². The number of halogens is 3. The van der Waals surface area contributed by atoms with Crippen molar-refractivity contribution in [2.75, 3.05) is 49.5 Å². The fraction of sp³-hybridized carbons (Fsp3) is 0.435. The van der Waals surface area contributed by atoms with Crippen molar-refractivity contribution in [1.29, 1.82) is 0 Å². The molecule has 0 radical (unpaired) electrons. The van der Waals surface area contributed by atoms with Crippen LogP contribution in [0.2, 0.25) is 0 Å². The number of carbonyl (C=O) groups excluding carboxylic acids is 1. The number of alkyl halides is 3. The summed E-state index contributed by atoms with van der Waals surface area (Å²) in [7, 11) is 0. The van der Waals surface area contributed by atoms with Gasteiger partial charge in [0.05, 0.1) is 5.56 Å². The highest BCUT2D eigenvalue weighted by Gasteiger charge is 2.34. The van der Waals surface area contributed by atoms with E-state index in [9.17, 15) is 18.0 Å². The van der Waals surface area contributed by atoms with E-state index in [1.165, 1.54) is 6.07 Å². The van der Waals surface area contributed by atoms with E-state index in [2.05, 4.69) is 22.0 Å². The summed E-state index contributed by atoms with van der Waals surface area (Å²) in [6.07, 6.45) is -3.75. The molecule has 31 heavy (non-hydrogen) atoms. The molecule has 2 aromatic carbocycles. The quantitative estimate of drug-likeness (QED) is 0.777. The number of piperazine rings is 1. The molecule has 4 rings (SSSR count). The molecule has 1 saturated heterocycles. The fourth-order valence-electron chi connectivity index (χ4n) is 4.30. The highest BCUT2D eigenvalue weighted by atomic mass is 19.4. The number of likely N-dealkylation sites (N-methyl/N-ethyl adjacent to an activating group) is 1. The van der Waals surface area contributed by atoms with E-state index in [0.29, 0.717) is 6.54 Å². The molecule has 0 aliphatic carbocycles. The molecule has 5 nitrogen and oxygen atoms in total. The molecule has 2 aliphatic rings. The lowest BCUT2D eigenvalue weighted by atomic mass is 10.0. The van der Waals surface area contributed by atoms with Gasteiger partial charge in [-0.25, -0.2) is 4.79 Å². The summed E-state index contributed by atoms with van der Waals surface area (Å²) in [5, 5.41) is 2.65. The van der Waals surface area contributed by atoms with Crippen LogP contribution in [0.15, 0.2) is 42.5 Å². The number of nitrogens with zero attached hydrogens (tertiary/aromatic N) is 3. The minimum Gasteiger partial charge on any atom is -0.308 e. The number of urea groups is 1. The minimum absolute atomic E-state index is 0.154. The molecule has 0 atom stereocenters. The van der Waals surface area contributed by atoms with Gasteiger partial charge in [-0.1, -0.05) is 31.2 Å². The molecule has 0 aromatic heterocycles. The third kappa shape index (κ3) is 4.85. The van der Waals surface area contributed by atoms with Gasteiger partial charge in [-0.05, 0) is 42.3 Å². The molecule has 1 fully saturated rings. The maximum absolute atomic E-state index is 13.8. The van der Waals surface area contributed by atoms with Crippen LogP contribution in [0.4, 0.5) is 29.3 Å². The molecule has 1 N–H and O–H groups in total. The molecular weight excluding hydrogens is 405 g/mol. The third-order valence-corrected chi connectivity index (χ3v) is 6.10. The van der Waals surface area contributed by atoms with E-state index in [1.54, 1.807) is 11.0 Å². The van der Waals surface area contributed by atoms with Gasteiger partial charge in [0.2, 0.25) is 0 Å². The Bertz CT molecular complexity index is 939. The van der Waals surface area contributed by atoms with Crippen LogP contribution in [0.3, 0.4) is 0 Å². The van der Waals surface area contributed by atoms with Crippen molar-refractivity contribution in [1.82, 2.24) is 9.80 Å². The van der Waals surface area contributed by atoms with Gasteiger partial charge >= 0.3 is 12.2 Å². The summed E-state index contributed by atoms with van der Waals surface area (Å²) in [5.74, 6) is 0. The van der Waals surface area contributed by atoms with Gasteiger partial charge < -0.3 is 10.2 Å². The topological polar surface area (TPSA) is 38.8 Å². The van der Waals surface area contributed by atoms with E-state index in [4.69, 9.17) is 0 Å². The normalized spacial score (nSPS) is 17.6. The Morgan fingerprint density at radius 1 is 1.00 bits per heavy atom. The molecule has 166 valence electrons. The minimum atomic E-state index is -4.48. The van der Waals surface area contributed by atoms with Gasteiger partial charge in [-0.3, -0.25) is 9.80 Å². The number of rotatable bonds is 4. The lowest BCUT2D eigenvalue weighted by Crippen LogP contribution is -2.45. The molecule has 2 heterocycles. The van der Waals surface area contributed by atoms with Crippen molar-refractivity contribution in [3.05, 3.63) is 59.2 Å². The van der Waals surface area contributed by atoms with Crippen molar-refractivity contribution in [2.45, 2.75) is 26.1 Å². The molecule has 0 unspecified atom stereocenters. The summed E-state index contributed by atoms with van der Waals surface area (Å²) in [6, 6.07) is 11.3. The van der Waals surface area contributed by atoms with Crippen LogP contribution in [0.1, 0.15) is 23.6 Å². The molecule has 0 bridgehead atoms. The number of fused-ring (bicyclic) bond motifs is 1. The fourth-order valence-corrected chi connectivity index (χ4v) is 4.30. The molecule has 0 spiro atoms. The average molecular weight is 432 g/mol. The maximum atomic E-state index is 13.8. The average Bonchev–Trinajstić information content (AvgIpc) is 3.19. The summed E-state index contributed by atoms with van der Waals surface area (Å²) >= 11 is 0. The standard InChI is InChI=1S/C23H27F3N4O/c1-2-28-11-13-29(14-12-28)16-18-7-8-19(15-20(18)23(24,25)26)27-22(31)30-10-9-17-5-3-4-6-21(17)30/h3-8,15H,2,9-14,16H2,1H3,(H,27,31). The largest absolute Gasteiger partial charge is 0.416 e. The van der Waals surface area contributed by atoms with Gasteiger partial charge in [0.1, 0.15) is 0 Å². The van der Waals surface area contributed by atoms with Crippen LogP contribution in [-0.2, 0) is 19.1 Å². The first kappa shape index (κ1) is 21.6. The number of para-hydroxylation sites is 1. The Labute approximate surface area is 180 Å². The number of hydrogen-bond acceptors (Lipinski definition) is 3. The summed E-state index contributed by atoms with van der Waals surface area (Å²) < 4.78 is 41.4. The Morgan fingerprint density at radius 2 is 1.71 bits per heavy atom. The Morgan fingerprint density at radius 3 is 2.42 bits per heavy atom. The van der Waals surface area contributed by atoms with Crippen molar-refractivity contribution in [3.63, 3.8) is 0 Å². The van der Waals surface area contributed by atoms with Gasteiger partial charge in [0, 0.05) is 50.6 Å². The number of amides is 2. The number of nitrogens with one attached hydrogen (secondary N) is 1. The zero-order valence-corrected chi connectivity index (χ0v) is 17.6. The number of carbonyl (C=O) groups is 1. The van der Waals surface area contributed by atoms with E-state index in [-0.39, 0.29) is 17.8 Å². The van der Waals surface area contributed by atoms with Crippen molar-refractivity contribution >= 4 is 17.4 Å². The van der Waals surface area contributed by atoms with Crippen LogP contribution < -0.4 is 10.2 Å². The van der Waals surface area contributed by atoms with Crippen molar-refractivity contribution in [2.24, 2.45) is 0 Å². The molecule has 2 amide bonds. The second kappa shape index (κ2) is 8.88. The van der Waals surface area contributed by atoms with Gasteiger partial charge in [0.15, 0.2) is 0 Å². The Balaban J connectivity index is 1.49. The number of anilines is 2. The molecule has 0 saturated carbocycles. The van der Waals surface area contributed by atoms with Gasteiger partial charge in [0.25, 0.3) is 0 Å². The molecule has 8 heteroatoms. The van der Waals surface area contributed by atoms with Crippen LogP contribution in [0, 0.1) is 0 Å². The summed E-state index contributed by atoms with van der Waals surface area (Å²) in [6.45, 7) is 7.03. The Kier molecular flexibility index (Phi) is 6.20. The number of benzene rings is 2.